The summed E-state index contributed by atoms with van der Waals surface area (Å²) in [6.07, 6.45) is 0. The highest BCUT2D eigenvalue weighted by Crippen LogP contribution is 2.23. The van der Waals surface area contributed by atoms with E-state index < -0.39 is 6.04 Å². The number of ether oxygens (including phenoxy) is 1. The molecule has 1 aliphatic rings. The second-order valence-electron chi connectivity index (χ2n) is 4.30. The predicted molar refractivity (Wildman–Crippen MR) is 74.4 cm³/mol. The number of nitrogens with one attached hydrogen (secondary N) is 2. The van der Waals surface area contributed by atoms with Crippen LogP contribution in [0.1, 0.15) is 17.2 Å². The molecule has 1 saturated heterocycles. The summed E-state index contributed by atoms with van der Waals surface area (Å²) in [6, 6.07) is 5.13. The van der Waals surface area contributed by atoms with E-state index in [-0.39, 0.29) is 5.91 Å². The van der Waals surface area contributed by atoms with Gasteiger partial charge in [0.1, 0.15) is 6.04 Å². The number of carbonyl (C=O) groups is 1. The van der Waals surface area contributed by atoms with Crippen molar-refractivity contribution in [3.63, 3.8) is 0 Å². The highest BCUT2D eigenvalue weighted by atomic mass is 35.5. The zero-order chi connectivity index (χ0) is 13.8. The molecule has 0 bridgehead atoms. The summed E-state index contributed by atoms with van der Waals surface area (Å²) in [5, 5.41) is 6.38. The molecule has 2 rings (SSSR count). The van der Waals surface area contributed by atoms with Crippen LogP contribution < -0.4 is 10.6 Å². The smallest absolute Gasteiger partial charge is 0.253 e. The molecule has 1 atom stereocenters. The normalized spacial score (nSPS) is 20.5. The van der Waals surface area contributed by atoms with Crippen LogP contribution in [0, 0.1) is 6.92 Å². The third kappa shape index (κ3) is 3.24. The van der Waals surface area contributed by atoms with Crippen LogP contribution in [0.3, 0.4) is 0 Å². The van der Waals surface area contributed by atoms with Gasteiger partial charge >= 0.3 is 0 Å². The van der Waals surface area contributed by atoms with Crippen molar-refractivity contribution >= 4 is 23.5 Å². The van der Waals surface area contributed by atoms with Crippen molar-refractivity contribution in [1.82, 2.24) is 10.6 Å². The van der Waals surface area contributed by atoms with Crippen LogP contribution in [0.5, 0.6) is 0 Å². The molecule has 0 radical (unpaired) electrons. The summed E-state index contributed by atoms with van der Waals surface area (Å²) in [7, 11) is 1.61. The molecule has 19 heavy (non-hydrogen) atoms. The standard InChI is InChI=1S/C13H16ClN3O2/c1-8-3-4-9(7-10(8)14)11-12(18)17-13(16-11)15-5-6-19-2/h3-4,7,11H,5-6H2,1-2H3,(H2,15,16,17,18). The van der Waals surface area contributed by atoms with Gasteiger partial charge in [0.25, 0.3) is 5.91 Å². The molecule has 1 aromatic rings. The average molecular weight is 282 g/mol. The highest BCUT2D eigenvalue weighted by Gasteiger charge is 2.29. The molecule has 1 fully saturated rings. The van der Waals surface area contributed by atoms with Crippen LogP contribution in [-0.2, 0) is 9.53 Å². The minimum absolute atomic E-state index is 0.129. The van der Waals surface area contributed by atoms with Gasteiger partial charge in [0.05, 0.1) is 13.2 Å². The lowest BCUT2D eigenvalue weighted by Gasteiger charge is -2.09. The van der Waals surface area contributed by atoms with E-state index in [9.17, 15) is 4.79 Å². The van der Waals surface area contributed by atoms with Gasteiger partial charge in [-0.1, -0.05) is 23.7 Å². The number of guanidine groups is 1. The first-order chi connectivity index (χ1) is 9.11. The van der Waals surface area contributed by atoms with Gasteiger partial charge in [0.15, 0.2) is 5.96 Å². The number of aliphatic imine (C=N–C) groups is 1. The quantitative estimate of drug-likeness (QED) is 0.821. The Kier molecular flexibility index (Phi) is 4.39. The number of aryl methyl sites for hydroxylation is 1. The van der Waals surface area contributed by atoms with E-state index in [1.54, 1.807) is 13.2 Å². The maximum Gasteiger partial charge on any atom is 0.253 e. The van der Waals surface area contributed by atoms with Crippen LogP contribution in [0.2, 0.25) is 5.02 Å². The van der Waals surface area contributed by atoms with Gasteiger partial charge in [-0.25, -0.2) is 0 Å². The molecule has 0 saturated carbocycles. The van der Waals surface area contributed by atoms with Crippen LogP contribution in [0.15, 0.2) is 23.2 Å². The summed E-state index contributed by atoms with van der Waals surface area (Å²) in [5.41, 5.74) is 1.81. The topological polar surface area (TPSA) is 62.7 Å². The highest BCUT2D eigenvalue weighted by molar-refractivity contribution is 6.31. The summed E-state index contributed by atoms with van der Waals surface area (Å²) in [5.74, 6) is 0.347. The van der Waals surface area contributed by atoms with Gasteiger partial charge in [-0.15, -0.1) is 0 Å². The Labute approximate surface area is 117 Å². The fourth-order valence-corrected chi connectivity index (χ4v) is 1.97. The minimum Gasteiger partial charge on any atom is -0.383 e. The van der Waals surface area contributed by atoms with Crippen LogP contribution >= 0.6 is 11.6 Å². The number of hydrogen-bond donors (Lipinski definition) is 2. The molecule has 102 valence electrons. The van der Waals surface area contributed by atoms with Gasteiger partial charge in [0, 0.05) is 12.1 Å². The number of rotatable bonds is 4. The van der Waals surface area contributed by atoms with Crippen molar-refractivity contribution in [1.29, 1.82) is 0 Å². The van der Waals surface area contributed by atoms with Crippen LogP contribution in [0.4, 0.5) is 0 Å². The van der Waals surface area contributed by atoms with Crippen molar-refractivity contribution < 1.29 is 9.53 Å². The molecule has 6 heteroatoms. The van der Waals surface area contributed by atoms with Crippen molar-refractivity contribution in [3.8, 4) is 0 Å². The summed E-state index contributed by atoms with van der Waals surface area (Å²) in [4.78, 5) is 16.1. The zero-order valence-corrected chi connectivity index (χ0v) is 11.6. The largest absolute Gasteiger partial charge is 0.383 e. The molecule has 1 unspecified atom stereocenters. The zero-order valence-electron chi connectivity index (χ0n) is 10.9. The lowest BCUT2D eigenvalue weighted by atomic mass is 10.1. The molecule has 5 nitrogen and oxygen atoms in total. The van der Waals surface area contributed by atoms with E-state index in [0.29, 0.717) is 24.1 Å². The third-order valence-electron chi connectivity index (χ3n) is 2.88. The Morgan fingerprint density at radius 2 is 2.26 bits per heavy atom. The number of amides is 1. The molecular weight excluding hydrogens is 266 g/mol. The van der Waals surface area contributed by atoms with Gasteiger partial charge in [-0.3, -0.25) is 15.1 Å². The van der Waals surface area contributed by atoms with E-state index in [4.69, 9.17) is 16.3 Å². The minimum atomic E-state index is -0.445. The lowest BCUT2D eigenvalue weighted by molar-refractivity contribution is -0.120. The molecule has 1 aromatic carbocycles. The molecule has 1 amide bonds. The van der Waals surface area contributed by atoms with Crippen LogP contribution in [0.25, 0.3) is 0 Å². The molecule has 0 aromatic heterocycles. The van der Waals surface area contributed by atoms with Gasteiger partial charge in [-0.2, -0.15) is 0 Å². The number of benzene rings is 1. The Balaban J connectivity index is 2.11. The monoisotopic (exact) mass is 281 g/mol. The lowest BCUT2D eigenvalue weighted by Crippen LogP contribution is -2.26. The van der Waals surface area contributed by atoms with Crippen molar-refractivity contribution in [2.45, 2.75) is 13.0 Å². The molecule has 1 heterocycles. The summed E-state index contributed by atoms with van der Waals surface area (Å²) < 4.78 is 4.90. The fraction of sp³-hybridized carbons (Fsp3) is 0.385. The van der Waals surface area contributed by atoms with Crippen molar-refractivity contribution in [2.75, 3.05) is 20.3 Å². The fourth-order valence-electron chi connectivity index (χ4n) is 1.78. The third-order valence-corrected chi connectivity index (χ3v) is 3.29. The number of halogens is 1. The number of hydrogen-bond acceptors (Lipinski definition) is 3. The molecule has 0 aliphatic carbocycles. The first-order valence-electron chi connectivity index (χ1n) is 5.98. The van der Waals surface area contributed by atoms with E-state index in [1.807, 2.05) is 19.1 Å². The van der Waals surface area contributed by atoms with E-state index >= 15 is 0 Å². The Morgan fingerprint density at radius 1 is 1.47 bits per heavy atom. The van der Waals surface area contributed by atoms with Crippen molar-refractivity contribution in [2.24, 2.45) is 4.99 Å². The summed E-state index contributed by atoms with van der Waals surface area (Å²) in [6.45, 7) is 2.94. The van der Waals surface area contributed by atoms with E-state index in [2.05, 4.69) is 15.6 Å². The average Bonchev–Trinajstić information content (AvgIpc) is 2.74. The number of methoxy groups -OCH3 is 1. The van der Waals surface area contributed by atoms with Crippen molar-refractivity contribution in [3.05, 3.63) is 34.3 Å². The van der Waals surface area contributed by atoms with E-state index in [1.165, 1.54) is 0 Å². The Morgan fingerprint density at radius 3 is 2.95 bits per heavy atom. The predicted octanol–water partition coefficient (Wildman–Crippen LogP) is 1.41. The number of nitrogens with zero attached hydrogens (tertiary/aromatic N) is 1. The Bertz CT molecular complexity index is 517. The molecule has 2 N–H and O–H groups in total. The maximum atomic E-state index is 11.9. The second kappa shape index (κ2) is 6.04. The second-order valence-corrected chi connectivity index (χ2v) is 4.71. The first kappa shape index (κ1) is 13.8. The van der Waals surface area contributed by atoms with Gasteiger partial charge < -0.3 is 10.1 Å². The van der Waals surface area contributed by atoms with Gasteiger partial charge in [-0.05, 0) is 24.1 Å². The molecule has 0 spiro atoms. The first-order valence-corrected chi connectivity index (χ1v) is 6.36. The summed E-state index contributed by atoms with van der Waals surface area (Å²) >= 11 is 6.07. The van der Waals surface area contributed by atoms with E-state index in [0.717, 1.165) is 11.1 Å². The molecule has 1 aliphatic heterocycles. The van der Waals surface area contributed by atoms with Crippen LogP contribution in [-0.4, -0.2) is 32.1 Å². The molecular formula is C13H16ClN3O2. The van der Waals surface area contributed by atoms with Gasteiger partial charge in [0.2, 0.25) is 0 Å². The maximum absolute atomic E-state index is 11.9. The number of carbonyl (C=O) groups excluding carboxylic acids is 1. The Hall–Kier alpha value is -1.59. The SMILES string of the molecule is COCCN=C1NC(=O)C(c2ccc(C)c(Cl)c2)N1.